The third-order valence-corrected chi connectivity index (χ3v) is 3.90. The Bertz CT molecular complexity index is 534. The fourth-order valence-corrected chi connectivity index (χ4v) is 2.82. The van der Waals surface area contributed by atoms with E-state index >= 15 is 0 Å². The van der Waals surface area contributed by atoms with E-state index in [2.05, 4.69) is 21.2 Å². The SMILES string of the molecule is CC(C)(C)OC(=O)COC1(c2cccc(Br)c2)CNCCOC1. The number of esters is 1. The van der Waals surface area contributed by atoms with Gasteiger partial charge in [-0.3, -0.25) is 0 Å². The van der Waals surface area contributed by atoms with Gasteiger partial charge in [-0.1, -0.05) is 28.1 Å². The molecule has 1 aliphatic rings. The maximum atomic E-state index is 12.0. The number of hydrogen-bond donors (Lipinski definition) is 1. The summed E-state index contributed by atoms with van der Waals surface area (Å²) in [5.74, 6) is -0.379. The van der Waals surface area contributed by atoms with Crippen LogP contribution in [0.3, 0.4) is 0 Å². The molecule has 2 rings (SSSR count). The Hall–Kier alpha value is -0.950. The van der Waals surface area contributed by atoms with Gasteiger partial charge in [-0.05, 0) is 38.5 Å². The highest BCUT2D eigenvalue weighted by atomic mass is 79.9. The molecule has 0 bridgehead atoms. The summed E-state index contributed by atoms with van der Waals surface area (Å²) in [4.78, 5) is 12.0. The molecular formula is C17H24BrNO4. The van der Waals surface area contributed by atoms with Crippen LogP contribution in [0.5, 0.6) is 0 Å². The monoisotopic (exact) mass is 385 g/mol. The number of halogens is 1. The first kappa shape index (κ1) is 18.4. The lowest BCUT2D eigenvalue weighted by Crippen LogP contribution is -2.44. The molecule has 1 atom stereocenters. The summed E-state index contributed by atoms with van der Waals surface area (Å²) in [6.45, 7) is 7.74. The second-order valence-corrected chi connectivity index (χ2v) is 7.52. The summed E-state index contributed by atoms with van der Waals surface area (Å²) in [7, 11) is 0. The van der Waals surface area contributed by atoms with E-state index in [4.69, 9.17) is 14.2 Å². The summed E-state index contributed by atoms with van der Waals surface area (Å²) in [5.41, 5.74) is -0.275. The van der Waals surface area contributed by atoms with Crippen molar-refractivity contribution in [3.8, 4) is 0 Å². The highest BCUT2D eigenvalue weighted by molar-refractivity contribution is 9.10. The molecule has 1 aliphatic heterocycles. The van der Waals surface area contributed by atoms with Crippen LogP contribution in [0.2, 0.25) is 0 Å². The quantitative estimate of drug-likeness (QED) is 0.807. The number of carbonyl (C=O) groups excluding carboxylic acids is 1. The maximum Gasteiger partial charge on any atom is 0.332 e. The standard InChI is InChI=1S/C17H24BrNO4/c1-16(2,3)23-15(20)10-22-17(11-19-7-8-21-12-17)13-5-4-6-14(18)9-13/h4-6,9,19H,7-8,10-12H2,1-3H3. The van der Waals surface area contributed by atoms with Gasteiger partial charge >= 0.3 is 5.97 Å². The average molecular weight is 386 g/mol. The van der Waals surface area contributed by atoms with Crippen LogP contribution < -0.4 is 5.32 Å². The fourth-order valence-electron chi connectivity index (χ4n) is 2.42. The molecule has 1 N–H and O–H groups in total. The van der Waals surface area contributed by atoms with Crippen molar-refractivity contribution in [2.45, 2.75) is 32.0 Å². The van der Waals surface area contributed by atoms with E-state index in [0.717, 1.165) is 16.6 Å². The van der Waals surface area contributed by atoms with Gasteiger partial charge in [0.05, 0.1) is 13.2 Å². The van der Waals surface area contributed by atoms with Crippen LogP contribution in [0, 0.1) is 0 Å². The van der Waals surface area contributed by atoms with Crippen molar-refractivity contribution >= 4 is 21.9 Å². The van der Waals surface area contributed by atoms with Crippen LogP contribution in [0.15, 0.2) is 28.7 Å². The van der Waals surface area contributed by atoms with Gasteiger partial charge in [-0.2, -0.15) is 0 Å². The Morgan fingerprint density at radius 2 is 2.22 bits per heavy atom. The minimum absolute atomic E-state index is 0.116. The van der Waals surface area contributed by atoms with Gasteiger partial charge in [-0.25, -0.2) is 4.79 Å². The Morgan fingerprint density at radius 3 is 2.91 bits per heavy atom. The molecule has 1 heterocycles. The van der Waals surface area contributed by atoms with Crippen LogP contribution in [0.1, 0.15) is 26.3 Å². The van der Waals surface area contributed by atoms with Crippen molar-refractivity contribution in [2.75, 3.05) is 32.9 Å². The molecule has 0 aromatic heterocycles. The van der Waals surface area contributed by atoms with E-state index in [1.54, 1.807) is 0 Å². The van der Waals surface area contributed by atoms with Gasteiger partial charge in [0.15, 0.2) is 0 Å². The maximum absolute atomic E-state index is 12.0. The summed E-state index contributed by atoms with van der Waals surface area (Å²) < 4.78 is 18.0. The van der Waals surface area contributed by atoms with E-state index < -0.39 is 11.2 Å². The second-order valence-electron chi connectivity index (χ2n) is 6.61. The highest BCUT2D eigenvalue weighted by Crippen LogP contribution is 2.29. The molecule has 0 radical (unpaired) electrons. The van der Waals surface area contributed by atoms with Crippen molar-refractivity contribution in [1.82, 2.24) is 5.32 Å². The number of nitrogens with one attached hydrogen (secondary N) is 1. The van der Waals surface area contributed by atoms with Crippen molar-refractivity contribution < 1.29 is 19.0 Å². The summed E-state index contributed by atoms with van der Waals surface area (Å²) in [6, 6.07) is 7.88. The topological polar surface area (TPSA) is 56.8 Å². The molecular weight excluding hydrogens is 362 g/mol. The minimum Gasteiger partial charge on any atom is -0.458 e. The zero-order chi connectivity index (χ0) is 16.9. The smallest absolute Gasteiger partial charge is 0.332 e. The van der Waals surface area contributed by atoms with Crippen molar-refractivity contribution in [2.24, 2.45) is 0 Å². The van der Waals surface area contributed by atoms with Crippen LogP contribution in [-0.4, -0.2) is 44.5 Å². The number of rotatable bonds is 4. The van der Waals surface area contributed by atoms with Crippen molar-refractivity contribution in [3.05, 3.63) is 34.3 Å². The number of hydrogen-bond acceptors (Lipinski definition) is 5. The number of ether oxygens (including phenoxy) is 3. The Morgan fingerprint density at radius 1 is 1.43 bits per heavy atom. The van der Waals surface area contributed by atoms with E-state index in [0.29, 0.717) is 19.8 Å². The largest absolute Gasteiger partial charge is 0.458 e. The van der Waals surface area contributed by atoms with Crippen LogP contribution in [0.25, 0.3) is 0 Å². The lowest BCUT2D eigenvalue weighted by molar-refractivity contribution is -0.170. The molecule has 0 saturated carbocycles. The van der Waals surface area contributed by atoms with Crippen LogP contribution >= 0.6 is 15.9 Å². The first-order valence-corrected chi connectivity index (χ1v) is 8.50. The summed E-state index contributed by atoms with van der Waals surface area (Å²) in [6.07, 6.45) is 0. The predicted octanol–water partition coefficient (Wildman–Crippen LogP) is 2.62. The lowest BCUT2D eigenvalue weighted by atomic mass is 9.94. The molecule has 0 amide bonds. The molecule has 1 fully saturated rings. The molecule has 128 valence electrons. The van der Waals surface area contributed by atoms with Gasteiger partial charge in [-0.15, -0.1) is 0 Å². The normalized spacial score (nSPS) is 22.4. The number of carbonyl (C=O) groups is 1. The van der Waals surface area contributed by atoms with E-state index in [1.807, 2.05) is 45.0 Å². The minimum atomic E-state index is -0.711. The zero-order valence-corrected chi connectivity index (χ0v) is 15.4. The Balaban J connectivity index is 2.16. The molecule has 1 aromatic carbocycles. The fraction of sp³-hybridized carbons (Fsp3) is 0.588. The van der Waals surface area contributed by atoms with E-state index in [9.17, 15) is 4.79 Å². The highest BCUT2D eigenvalue weighted by Gasteiger charge is 2.36. The molecule has 1 saturated heterocycles. The molecule has 1 aromatic rings. The molecule has 5 nitrogen and oxygen atoms in total. The molecule has 1 unspecified atom stereocenters. The summed E-state index contributed by atoms with van der Waals surface area (Å²) in [5, 5.41) is 3.31. The van der Waals surface area contributed by atoms with Gasteiger partial charge in [0.1, 0.15) is 17.8 Å². The molecule has 23 heavy (non-hydrogen) atoms. The number of benzene rings is 1. The first-order chi connectivity index (χ1) is 10.8. The third kappa shape index (κ3) is 5.57. The van der Waals surface area contributed by atoms with Crippen LogP contribution in [-0.2, 0) is 24.6 Å². The first-order valence-electron chi connectivity index (χ1n) is 7.71. The van der Waals surface area contributed by atoms with E-state index in [-0.39, 0.29) is 12.6 Å². The molecule has 0 aliphatic carbocycles. The third-order valence-electron chi connectivity index (χ3n) is 3.41. The predicted molar refractivity (Wildman–Crippen MR) is 91.3 cm³/mol. The zero-order valence-electron chi connectivity index (χ0n) is 13.9. The lowest BCUT2D eigenvalue weighted by Gasteiger charge is -2.33. The Labute approximate surface area is 145 Å². The molecule has 0 spiro atoms. The van der Waals surface area contributed by atoms with Gasteiger partial charge in [0.25, 0.3) is 0 Å². The summed E-state index contributed by atoms with van der Waals surface area (Å²) >= 11 is 3.48. The van der Waals surface area contributed by atoms with Crippen molar-refractivity contribution in [3.63, 3.8) is 0 Å². The van der Waals surface area contributed by atoms with Gasteiger partial charge < -0.3 is 19.5 Å². The average Bonchev–Trinajstić information content (AvgIpc) is 2.70. The van der Waals surface area contributed by atoms with E-state index in [1.165, 1.54) is 0 Å². The van der Waals surface area contributed by atoms with Gasteiger partial charge in [0.2, 0.25) is 0 Å². The van der Waals surface area contributed by atoms with Crippen molar-refractivity contribution in [1.29, 1.82) is 0 Å². The van der Waals surface area contributed by atoms with Gasteiger partial charge in [0, 0.05) is 17.6 Å². The molecule has 6 heteroatoms. The Kier molecular flexibility index (Phi) is 6.19. The second kappa shape index (κ2) is 7.75. The van der Waals surface area contributed by atoms with Crippen LogP contribution in [0.4, 0.5) is 0 Å².